The second-order valence-electron chi connectivity index (χ2n) is 3.95. The Morgan fingerprint density at radius 2 is 1.69 bits per heavy atom. The largest absolute Gasteiger partial charge is 0.468 e. The van der Waals surface area contributed by atoms with Crippen molar-refractivity contribution < 1.29 is 14.3 Å². The van der Waals surface area contributed by atoms with Gasteiger partial charge >= 0.3 is 5.97 Å². The van der Waals surface area contributed by atoms with Crippen molar-refractivity contribution in [2.24, 2.45) is 5.41 Å². The van der Waals surface area contributed by atoms with Crippen LogP contribution in [0.4, 0.5) is 0 Å². The Labute approximate surface area is 99.4 Å². The van der Waals surface area contributed by atoms with Gasteiger partial charge in [0, 0.05) is 10.6 Å². The fourth-order valence-electron chi connectivity index (χ4n) is 1.31. The maximum Gasteiger partial charge on any atom is 0.319 e. The Balaban J connectivity index is 3.02. The van der Waals surface area contributed by atoms with Crippen LogP contribution in [0.1, 0.15) is 24.2 Å². The summed E-state index contributed by atoms with van der Waals surface area (Å²) in [4.78, 5) is 23.5. The van der Waals surface area contributed by atoms with Gasteiger partial charge in [-0.3, -0.25) is 9.59 Å². The number of hydrogen-bond acceptors (Lipinski definition) is 3. The Hall–Kier alpha value is -1.35. The molecule has 0 aliphatic rings. The van der Waals surface area contributed by atoms with Crippen LogP contribution in [0.25, 0.3) is 0 Å². The van der Waals surface area contributed by atoms with Crippen LogP contribution in [-0.2, 0) is 9.53 Å². The molecule has 86 valence electrons. The molecular formula is C12H13ClO3. The highest BCUT2D eigenvalue weighted by Gasteiger charge is 2.37. The third kappa shape index (κ3) is 2.42. The maximum atomic E-state index is 12.0. The minimum Gasteiger partial charge on any atom is -0.468 e. The molecule has 0 amide bonds. The summed E-state index contributed by atoms with van der Waals surface area (Å²) >= 11 is 5.72. The van der Waals surface area contributed by atoms with Gasteiger partial charge in [0.1, 0.15) is 5.41 Å². The van der Waals surface area contributed by atoms with Crippen LogP contribution < -0.4 is 0 Å². The molecule has 0 aliphatic carbocycles. The quantitative estimate of drug-likeness (QED) is 0.464. The van der Waals surface area contributed by atoms with E-state index in [-0.39, 0.29) is 5.78 Å². The van der Waals surface area contributed by atoms with Crippen LogP contribution in [0.3, 0.4) is 0 Å². The summed E-state index contributed by atoms with van der Waals surface area (Å²) < 4.78 is 4.60. The van der Waals surface area contributed by atoms with Gasteiger partial charge in [-0.25, -0.2) is 0 Å². The van der Waals surface area contributed by atoms with E-state index in [4.69, 9.17) is 11.6 Å². The van der Waals surface area contributed by atoms with E-state index in [2.05, 4.69) is 4.74 Å². The van der Waals surface area contributed by atoms with Crippen molar-refractivity contribution in [3.05, 3.63) is 34.9 Å². The first kappa shape index (κ1) is 12.7. The number of hydrogen-bond donors (Lipinski definition) is 0. The molecule has 0 aliphatic heterocycles. The van der Waals surface area contributed by atoms with Crippen molar-refractivity contribution in [3.8, 4) is 0 Å². The molecule has 16 heavy (non-hydrogen) atoms. The molecule has 0 aromatic heterocycles. The van der Waals surface area contributed by atoms with Crippen molar-refractivity contribution in [1.29, 1.82) is 0 Å². The zero-order valence-electron chi connectivity index (χ0n) is 9.41. The molecule has 0 N–H and O–H groups in total. The van der Waals surface area contributed by atoms with Crippen molar-refractivity contribution in [2.45, 2.75) is 13.8 Å². The van der Waals surface area contributed by atoms with Crippen molar-refractivity contribution in [3.63, 3.8) is 0 Å². The number of ketones is 1. The Morgan fingerprint density at radius 3 is 2.12 bits per heavy atom. The smallest absolute Gasteiger partial charge is 0.319 e. The molecule has 0 saturated heterocycles. The lowest BCUT2D eigenvalue weighted by Gasteiger charge is -2.19. The van der Waals surface area contributed by atoms with Gasteiger partial charge in [0.25, 0.3) is 0 Å². The highest BCUT2D eigenvalue weighted by Crippen LogP contribution is 2.24. The fourth-order valence-corrected chi connectivity index (χ4v) is 1.44. The zero-order chi connectivity index (χ0) is 12.3. The highest BCUT2D eigenvalue weighted by molar-refractivity contribution is 6.30. The van der Waals surface area contributed by atoms with Crippen LogP contribution in [0.5, 0.6) is 0 Å². The minimum atomic E-state index is -1.18. The summed E-state index contributed by atoms with van der Waals surface area (Å²) in [6, 6.07) is 6.41. The number of methoxy groups -OCH3 is 1. The van der Waals surface area contributed by atoms with Crippen molar-refractivity contribution >= 4 is 23.4 Å². The summed E-state index contributed by atoms with van der Waals surface area (Å²) in [5, 5.41) is 0.549. The van der Waals surface area contributed by atoms with E-state index in [1.165, 1.54) is 21.0 Å². The molecule has 3 nitrogen and oxygen atoms in total. The summed E-state index contributed by atoms with van der Waals surface area (Å²) in [7, 11) is 1.26. The van der Waals surface area contributed by atoms with Crippen molar-refractivity contribution in [1.82, 2.24) is 0 Å². The Morgan fingerprint density at radius 1 is 1.19 bits per heavy atom. The predicted molar refractivity (Wildman–Crippen MR) is 61.6 cm³/mol. The van der Waals surface area contributed by atoms with E-state index in [1.807, 2.05) is 0 Å². The molecule has 1 aromatic rings. The van der Waals surface area contributed by atoms with Crippen molar-refractivity contribution in [2.75, 3.05) is 7.11 Å². The predicted octanol–water partition coefficient (Wildman–Crippen LogP) is 2.72. The summed E-state index contributed by atoms with van der Waals surface area (Å²) in [6.07, 6.45) is 0. The van der Waals surface area contributed by atoms with Gasteiger partial charge in [0.05, 0.1) is 7.11 Å². The van der Waals surface area contributed by atoms with E-state index in [0.29, 0.717) is 10.6 Å². The zero-order valence-corrected chi connectivity index (χ0v) is 10.2. The molecule has 0 unspecified atom stereocenters. The normalized spacial score (nSPS) is 11.0. The number of halogens is 1. The molecule has 0 fully saturated rings. The number of rotatable bonds is 3. The molecule has 0 spiro atoms. The average Bonchev–Trinajstić information content (AvgIpc) is 2.28. The third-order valence-corrected chi connectivity index (χ3v) is 2.62. The fraction of sp³-hybridized carbons (Fsp3) is 0.333. The number of Topliss-reactive ketones (excluding diaryl/α,β-unsaturated/α-hetero) is 1. The third-order valence-electron chi connectivity index (χ3n) is 2.37. The number of ether oxygens (including phenoxy) is 1. The van der Waals surface area contributed by atoms with E-state index in [1.54, 1.807) is 24.3 Å². The molecule has 1 rings (SSSR count). The summed E-state index contributed by atoms with van der Waals surface area (Å²) in [6.45, 7) is 3.07. The maximum absolute atomic E-state index is 12.0. The van der Waals surface area contributed by atoms with Crippen LogP contribution in [0.2, 0.25) is 5.02 Å². The molecule has 0 bridgehead atoms. The standard InChI is InChI=1S/C12H13ClO3/c1-12(2,11(15)16-3)10(14)8-4-6-9(13)7-5-8/h4-7H,1-3H3. The molecule has 0 radical (unpaired) electrons. The topological polar surface area (TPSA) is 43.4 Å². The minimum absolute atomic E-state index is 0.281. The monoisotopic (exact) mass is 240 g/mol. The Bertz CT molecular complexity index is 407. The number of carbonyl (C=O) groups excluding carboxylic acids is 2. The van der Waals surface area contributed by atoms with E-state index >= 15 is 0 Å². The van der Waals surface area contributed by atoms with Gasteiger partial charge in [-0.15, -0.1) is 0 Å². The molecule has 4 heteroatoms. The first-order valence-corrected chi connectivity index (χ1v) is 5.16. The first-order chi connectivity index (χ1) is 7.39. The number of esters is 1. The van der Waals surface area contributed by atoms with Gasteiger partial charge in [0.15, 0.2) is 5.78 Å². The number of benzene rings is 1. The SMILES string of the molecule is COC(=O)C(C)(C)C(=O)c1ccc(Cl)cc1. The van der Waals surface area contributed by atoms with Gasteiger partial charge in [-0.05, 0) is 38.1 Å². The van der Waals surface area contributed by atoms with Gasteiger partial charge in [-0.2, -0.15) is 0 Å². The molecule has 1 aromatic carbocycles. The summed E-state index contributed by atoms with van der Waals surface area (Å²) in [5.41, 5.74) is -0.734. The molecular weight excluding hydrogens is 228 g/mol. The van der Waals surface area contributed by atoms with E-state index in [9.17, 15) is 9.59 Å². The lowest BCUT2D eigenvalue weighted by atomic mass is 9.84. The van der Waals surface area contributed by atoms with Gasteiger partial charge < -0.3 is 4.74 Å². The molecule has 0 saturated carbocycles. The van der Waals surface area contributed by atoms with E-state index in [0.717, 1.165) is 0 Å². The molecule has 0 heterocycles. The van der Waals surface area contributed by atoms with Gasteiger partial charge in [0.2, 0.25) is 0 Å². The van der Waals surface area contributed by atoms with Gasteiger partial charge in [-0.1, -0.05) is 11.6 Å². The Kier molecular flexibility index (Phi) is 3.70. The van der Waals surface area contributed by atoms with Crippen LogP contribution >= 0.6 is 11.6 Å². The number of carbonyl (C=O) groups is 2. The lowest BCUT2D eigenvalue weighted by Crippen LogP contribution is -2.34. The lowest BCUT2D eigenvalue weighted by molar-refractivity contribution is -0.147. The van der Waals surface area contributed by atoms with E-state index < -0.39 is 11.4 Å². The van der Waals surface area contributed by atoms with Crippen LogP contribution in [0.15, 0.2) is 24.3 Å². The highest BCUT2D eigenvalue weighted by atomic mass is 35.5. The second-order valence-corrected chi connectivity index (χ2v) is 4.39. The first-order valence-electron chi connectivity index (χ1n) is 4.78. The summed E-state index contributed by atoms with van der Waals surface area (Å²) in [5.74, 6) is -0.830. The van der Waals surface area contributed by atoms with Crippen LogP contribution in [-0.4, -0.2) is 18.9 Å². The second kappa shape index (κ2) is 4.66. The average molecular weight is 241 g/mol. The van der Waals surface area contributed by atoms with Crippen LogP contribution in [0, 0.1) is 5.41 Å². The molecule has 0 atom stereocenters.